The van der Waals surface area contributed by atoms with Gasteiger partial charge in [-0.25, -0.2) is 9.59 Å². The van der Waals surface area contributed by atoms with E-state index in [1.54, 1.807) is 13.8 Å². The summed E-state index contributed by atoms with van der Waals surface area (Å²) in [7, 11) is 0. The number of rotatable bonds is 18. The molecule has 7 heteroatoms. The van der Waals surface area contributed by atoms with Crippen LogP contribution in [0.4, 0.5) is 0 Å². The van der Waals surface area contributed by atoms with Crippen molar-refractivity contribution in [3.05, 3.63) is 53.6 Å². The lowest BCUT2D eigenvalue weighted by molar-refractivity contribution is -0.139. The normalized spacial score (nSPS) is 11.7. The lowest BCUT2D eigenvalue weighted by atomic mass is 9.76. The molecule has 0 atom stereocenters. The number of carbonyl (C=O) groups is 2. The van der Waals surface area contributed by atoms with Gasteiger partial charge in [-0.2, -0.15) is 0 Å². The minimum Gasteiger partial charge on any atom is -0.493 e. The first-order chi connectivity index (χ1) is 17.8. The molecule has 0 aliphatic rings. The lowest BCUT2D eigenvalue weighted by Gasteiger charge is -2.33. The lowest BCUT2D eigenvalue weighted by Crippen LogP contribution is -2.33. The van der Waals surface area contributed by atoms with Crippen molar-refractivity contribution < 1.29 is 34.0 Å². The SMILES string of the molecule is C=C(C)C(=O)OCCCc1cccc(CCCOC(=O)C(=C)C)c1OCCC(CO)(CO)CCC(C)(C)C. The second-order valence-corrected chi connectivity index (χ2v) is 11.4. The fraction of sp³-hybridized carbons (Fsp3) is 0.613. The van der Waals surface area contributed by atoms with E-state index < -0.39 is 17.4 Å². The van der Waals surface area contributed by atoms with E-state index in [4.69, 9.17) is 14.2 Å². The number of carbonyl (C=O) groups excluding carboxylic acids is 2. The third-order valence-electron chi connectivity index (χ3n) is 6.48. The number of hydrogen-bond donors (Lipinski definition) is 2. The van der Waals surface area contributed by atoms with Gasteiger partial charge < -0.3 is 24.4 Å². The molecule has 38 heavy (non-hydrogen) atoms. The largest absolute Gasteiger partial charge is 0.493 e. The quantitative estimate of drug-likeness (QED) is 0.149. The molecule has 0 amide bonds. The van der Waals surface area contributed by atoms with Gasteiger partial charge in [0.1, 0.15) is 5.75 Å². The standard InChI is InChI=1S/C31H48O7/c1-23(2)28(34)37-18-9-13-25-11-8-12-26(14-10-19-38-29(35)24(3)4)27(25)36-20-17-31(21-32,22-33)16-15-30(5,6)7/h8,11-12,32-33H,1,3,9-10,13-22H2,2,4-7H3. The molecule has 0 saturated heterocycles. The van der Waals surface area contributed by atoms with Gasteiger partial charge in [0.05, 0.1) is 33.0 Å². The highest BCUT2D eigenvalue weighted by molar-refractivity contribution is 5.87. The second-order valence-electron chi connectivity index (χ2n) is 11.4. The maximum absolute atomic E-state index is 11.7. The average Bonchev–Trinajstić information content (AvgIpc) is 2.86. The van der Waals surface area contributed by atoms with Gasteiger partial charge >= 0.3 is 11.9 Å². The van der Waals surface area contributed by atoms with Crippen molar-refractivity contribution in [2.24, 2.45) is 10.8 Å². The Morgan fingerprint density at radius 1 is 0.789 bits per heavy atom. The number of aliphatic hydroxyl groups excluding tert-OH is 2. The first-order valence-electron chi connectivity index (χ1n) is 13.4. The third kappa shape index (κ3) is 12.3. The Labute approximate surface area is 228 Å². The number of benzene rings is 1. The number of aliphatic hydroxyl groups is 2. The summed E-state index contributed by atoms with van der Waals surface area (Å²) in [5.41, 5.74) is 2.19. The monoisotopic (exact) mass is 532 g/mol. The Morgan fingerprint density at radius 2 is 1.26 bits per heavy atom. The molecule has 0 spiro atoms. The van der Waals surface area contributed by atoms with Crippen molar-refractivity contribution in [2.45, 2.75) is 79.6 Å². The number of para-hydroxylation sites is 1. The van der Waals surface area contributed by atoms with Gasteiger partial charge in [-0.3, -0.25) is 0 Å². The van der Waals surface area contributed by atoms with Crippen molar-refractivity contribution in [3.8, 4) is 5.75 Å². The molecule has 0 fully saturated rings. The predicted molar refractivity (Wildman–Crippen MR) is 150 cm³/mol. The summed E-state index contributed by atoms with van der Waals surface area (Å²) < 4.78 is 16.8. The highest BCUT2D eigenvalue weighted by Gasteiger charge is 2.30. The Bertz CT molecular complexity index is 870. The van der Waals surface area contributed by atoms with Crippen molar-refractivity contribution in [1.29, 1.82) is 0 Å². The van der Waals surface area contributed by atoms with Gasteiger partial charge in [-0.1, -0.05) is 52.1 Å². The van der Waals surface area contributed by atoms with Gasteiger partial charge in [0, 0.05) is 16.6 Å². The first-order valence-corrected chi connectivity index (χ1v) is 13.4. The molecular weight excluding hydrogens is 484 g/mol. The third-order valence-corrected chi connectivity index (χ3v) is 6.48. The van der Waals surface area contributed by atoms with Crippen molar-refractivity contribution in [1.82, 2.24) is 0 Å². The molecule has 0 unspecified atom stereocenters. The van der Waals surface area contributed by atoms with Gasteiger partial charge in [0.2, 0.25) is 0 Å². The van der Waals surface area contributed by atoms with E-state index >= 15 is 0 Å². The van der Waals surface area contributed by atoms with Crippen molar-refractivity contribution in [2.75, 3.05) is 33.0 Å². The van der Waals surface area contributed by atoms with Crippen molar-refractivity contribution in [3.63, 3.8) is 0 Å². The molecule has 0 aromatic heterocycles. The summed E-state index contributed by atoms with van der Waals surface area (Å²) in [6.45, 7) is 17.5. The molecule has 214 valence electrons. The van der Waals surface area contributed by atoms with Crippen LogP contribution in [0.15, 0.2) is 42.5 Å². The molecule has 0 bridgehead atoms. The van der Waals surface area contributed by atoms with Crippen LogP contribution in [0.2, 0.25) is 0 Å². The Balaban J connectivity index is 2.96. The van der Waals surface area contributed by atoms with Crippen LogP contribution in [0, 0.1) is 10.8 Å². The van der Waals surface area contributed by atoms with Crippen LogP contribution in [-0.4, -0.2) is 55.2 Å². The van der Waals surface area contributed by atoms with E-state index in [0.29, 0.717) is 56.3 Å². The molecule has 7 nitrogen and oxygen atoms in total. The summed E-state index contributed by atoms with van der Waals surface area (Å²) in [5, 5.41) is 20.2. The fourth-order valence-electron chi connectivity index (χ4n) is 3.82. The van der Waals surface area contributed by atoms with Crippen LogP contribution in [0.5, 0.6) is 5.75 Å². The topological polar surface area (TPSA) is 102 Å². The van der Waals surface area contributed by atoms with Crippen molar-refractivity contribution >= 4 is 11.9 Å². The first kappa shape index (κ1) is 33.4. The molecule has 1 aromatic rings. The molecule has 2 N–H and O–H groups in total. The van der Waals surface area contributed by atoms with E-state index in [-0.39, 0.29) is 31.8 Å². The molecule has 0 saturated carbocycles. The number of esters is 2. The van der Waals surface area contributed by atoms with Gasteiger partial charge in [0.15, 0.2) is 0 Å². The predicted octanol–water partition coefficient (Wildman–Crippen LogP) is 5.36. The van der Waals surface area contributed by atoms with Gasteiger partial charge in [-0.15, -0.1) is 0 Å². The maximum Gasteiger partial charge on any atom is 0.333 e. The number of aryl methyl sites for hydroxylation is 2. The highest BCUT2D eigenvalue weighted by Crippen LogP contribution is 2.34. The van der Waals surface area contributed by atoms with Gasteiger partial charge in [-0.05, 0) is 75.3 Å². The molecular formula is C31H48O7. The average molecular weight is 533 g/mol. The van der Waals surface area contributed by atoms with Crippen LogP contribution in [-0.2, 0) is 31.9 Å². The van der Waals surface area contributed by atoms with E-state index in [1.807, 2.05) is 18.2 Å². The number of ether oxygens (including phenoxy) is 3. The summed E-state index contributed by atoms with van der Waals surface area (Å²) in [6, 6.07) is 5.95. The minimum atomic E-state index is -0.615. The molecule has 1 aromatic carbocycles. The Kier molecular flexibility index (Phi) is 14.4. The summed E-state index contributed by atoms with van der Waals surface area (Å²) in [5.74, 6) is -0.0520. The fourth-order valence-corrected chi connectivity index (χ4v) is 3.82. The maximum atomic E-state index is 11.7. The molecule has 0 aliphatic heterocycles. The molecule has 0 heterocycles. The molecule has 1 rings (SSSR count). The smallest absolute Gasteiger partial charge is 0.333 e. The van der Waals surface area contributed by atoms with E-state index in [9.17, 15) is 19.8 Å². The zero-order chi connectivity index (χ0) is 28.8. The van der Waals surface area contributed by atoms with Crippen LogP contribution in [0.25, 0.3) is 0 Å². The summed E-state index contributed by atoms with van der Waals surface area (Å²) >= 11 is 0. The highest BCUT2D eigenvalue weighted by atomic mass is 16.5. The Hall–Kier alpha value is -2.64. The molecule has 0 radical (unpaired) electrons. The summed E-state index contributed by atoms with van der Waals surface area (Å²) in [6.07, 6.45) is 4.62. The summed E-state index contributed by atoms with van der Waals surface area (Å²) in [4.78, 5) is 23.4. The zero-order valence-corrected chi connectivity index (χ0v) is 24.1. The van der Waals surface area contributed by atoms with E-state index in [2.05, 4.69) is 33.9 Å². The van der Waals surface area contributed by atoms with Crippen LogP contribution in [0.1, 0.15) is 77.8 Å². The molecule has 0 aliphatic carbocycles. The van der Waals surface area contributed by atoms with Crippen LogP contribution < -0.4 is 4.74 Å². The second kappa shape index (κ2) is 16.4. The van der Waals surface area contributed by atoms with Crippen LogP contribution in [0.3, 0.4) is 0 Å². The zero-order valence-electron chi connectivity index (χ0n) is 24.1. The number of hydrogen-bond acceptors (Lipinski definition) is 7. The van der Waals surface area contributed by atoms with Gasteiger partial charge in [0.25, 0.3) is 0 Å². The Morgan fingerprint density at radius 3 is 1.66 bits per heavy atom. The minimum absolute atomic E-state index is 0.0946. The van der Waals surface area contributed by atoms with E-state index in [1.165, 1.54) is 0 Å². The van der Waals surface area contributed by atoms with Crippen LogP contribution >= 0.6 is 0 Å². The van der Waals surface area contributed by atoms with E-state index in [0.717, 1.165) is 23.3 Å².